The van der Waals surface area contributed by atoms with Gasteiger partial charge < -0.3 is 5.32 Å². The zero-order chi connectivity index (χ0) is 15.0. The Balaban J connectivity index is 2.28. The van der Waals surface area contributed by atoms with Gasteiger partial charge in [-0.2, -0.15) is 0 Å². The molecular formula is C13H17BrN2O3S. The van der Waals surface area contributed by atoms with Gasteiger partial charge in [0.2, 0.25) is 10.0 Å². The summed E-state index contributed by atoms with van der Waals surface area (Å²) in [5, 5.41) is 8.11. The van der Waals surface area contributed by atoms with E-state index in [1.54, 1.807) is 6.07 Å². The summed E-state index contributed by atoms with van der Waals surface area (Å²) >= 11 is 3.20. The van der Waals surface area contributed by atoms with Crippen LogP contribution >= 0.6 is 15.9 Å². The highest BCUT2D eigenvalue weighted by molar-refractivity contribution is 9.10. The smallest absolute Gasteiger partial charge is 0.251 e. The van der Waals surface area contributed by atoms with E-state index in [-0.39, 0.29) is 16.3 Å². The zero-order valence-electron chi connectivity index (χ0n) is 11.1. The van der Waals surface area contributed by atoms with E-state index in [2.05, 4.69) is 21.2 Å². The number of nitrogens with one attached hydrogen (secondary N) is 1. The van der Waals surface area contributed by atoms with Gasteiger partial charge in [0.05, 0.1) is 4.90 Å². The molecule has 5 nitrogen and oxygen atoms in total. The van der Waals surface area contributed by atoms with Crippen LogP contribution in [-0.2, 0) is 10.0 Å². The predicted octanol–water partition coefficient (Wildman–Crippen LogP) is 2.16. The third-order valence-corrected chi connectivity index (χ3v) is 5.18. The third kappa shape index (κ3) is 3.21. The van der Waals surface area contributed by atoms with E-state index in [0.29, 0.717) is 10.0 Å². The molecule has 7 heteroatoms. The van der Waals surface area contributed by atoms with Gasteiger partial charge in [-0.05, 0) is 43.9 Å². The van der Waals surface area contributed by atoms with Crippen LogP contribution in [-0.4, -0.2) is 19.9 Å². The molecule has 0 aliphatic heterocycles. The largest absolute Gasteiger partial charge is 0.347 e. The van der Waals surface area contributed by atoms with E-state index in [1.165, 1.54) is 12.1 Å². The Kier molecular flexibility index (Phi) is 4.22. The van der Waals surface area contributed by atoms with Crippen molar-refractivity contribution in [2.24, 2.45) is 5.14 Å². The lowest BCUT2D eigenvalue weighted by Crippen LogP contribution is -2.53. The average Bonchev–Trinajstić information content (AvgIpc) is 2.31. The van der Waals surface area contributed by atoms with Crippen LogP contribution in [0.1, 0.15) is 43.0 Å². The van der Waals surface area contributed by atoms with Gasteiger partial charge in [-0.15, -0.1) is 0 Å². The van der Waals surface area contributed by atoms with E-state index in [0.717, 1.165) is 25.7 Å². The molecule has 0 aromatic heterocycles. The van der Waals surface area contributed by atoms with Crippen LogP contribution < -0.4 is 10.5 Å². The standard InChI is InChI=1S/C13H17BrN2O3S/c1-2-13(4-3-5-13)16-12(17)9-6-10(14)8-11(7-9)20(15,18)19/h6-8H,2-5H2,1H3,(H,16,17)(H2,15,18,19). The normalized spacial score (nSPS) is 17.4. The Labute approximate surface area is 127 Å². The van der Waals surface area contributed by atoms with Crippen molar-refractivity contribution in [2.45, 2.75) is 43.0 Å². The Morgan fingerprint density at radius 2 is 2.05 bits per heavy atom. The first kappa shape index (κ1) is 15.5. The van der Waals surface area contributed by atoms with E-state index in [1.807, 2.05) is 6.92 Å². The first-order valence-electron chi connectivity index (χ1n) is 6.42. The van der Waals surface area contributed by atoms with E-state index >= 15 is 0 Å². The number of hydrogen-bond acceptors (Lipinski definition) is 3. The zero-order valence-corrected chi connectivity index (χ0v) is 13.6. The lowest BCUT2D eigenvalue weighted by Gasteiger charge is -2.42. The lowest BCUT2D eigenvalue weighted by molar-refractivity contribution is 0.0820. The number of carbonyl (C=O) groups excluding carboxylic acids is 1. The van der Waals surface area contributed by atoms with Gasteiger partial charge in [-0.25, -0.2) is 13.6 Å². The van der Waals surface area contributed by atoms with Crippen LogP contribution in [0, 0.1) is 0 Å². The predicted molar refractivity (Wildman–Crippen MR) is 79.9 cm³/mol. The second kappa shape index (κ2) is 5.46. The Hall–Kier alpha value is -0.920. The van der Waals surface area contributed by atoms with Crippen molar-refractivity contribution in [3.8, 4) is 0 Å². The Morgan fingerprint density at radius 1 is 1.40 bits per heavy atom. The fraction of sp³-hybridized carbons (Fsp3) is 0.462. The first-order chi connectivity index (χ1) is 9.26. The minimum Gasteiger partial charge on any atom is -0.347 e. The first-order valence-corrected chi connectivity index (χ1v) is 8.76. The molecule has 0 heterocycles. The molecule has 1 saturated carbocycles. The van der Waals surface area contributed by atoms with Gasteiger partial charge in [0.25, 0.3) is 5.91 Å². The molecule has 2 rings (SSSR count). The molecule has 0 bridgehead atoms. The molecule has 1 aromatic carbocycles. The summed E-state index contributed by atoms with van der Waals surface area (Å²) in [6, 6.07) is 4.27. The number of nitrogens with two attached hydrogens (primary N) is 1. The number of primary sulfonamides is 1. The number of rotatable bonds is 4. The second-order valence-corrected chi connectivity index (χ2v) is 7.64. The van der Waals surface area contributed by atoms with Crippen LogP contribution in [0.2, 0.25) is 0 Å². The molecule has 1 aliphatic carbocycles. The van der Waals surface area contributed by atoms with Crippen LogP contribution in [0.3, 0.4) is 0 Å². The number of hydrogen-bond donors (Lipinski definition) is 2. The van der Waals surface area contributed by atoms with Crippen molar-refractivity contribution in [3.63, 3.8) is 0 Å². The molecule has 1 amide bonds. The maximum absolute atomic E-state index is 12.3. The SMILES string of the molecule is CCC1(NC(=O)c2cc(Br)cc(S(N)(=O)=O)c2)CCC1. The van der Waals surface area contributed by atoms with Gasteiger partial charge in [0.15, 0.2) is 0 Å². The van der Waals surface area contributed by atoms with Crippen LogP contribution in [0.15, 0.2) is 27.6 Å². The highest BCUT2D eigenvalue weighted by atomic mass is 79.9. The minimum absolute atomic E-state index is 0.0730. The summed E-state index contributed by atoms with van der Waals surface area (Å²) in [5.74, 6) is -0.266. The fourth-order valence-electron chi connectivity index (χ4n) is 2.34. The van der Waals surface area contributed by atoms with Crippen molar-refractivity contribution in [1.82, 2.24) is 5.32 Å². The summed E-state index contributed by atoms with van der Waals surface area (Å²) in [5.41, 5.74) is 0.157. The number of amides is 1. The van der Waals surface area contributed by atoms with Gasteiger partial charge in [0.1, 0.15) is 0 Å². The summed E-state index contributed by atoms with van der Waals surface area (Å²) in [4.78, 5) is 12.2. The molecule has 0 atom stereocenters. The topological polar surface area (TPSA) is 89.3 Å². The molecule has 0 radical (unpaired) electrons. The molecule has 0 saturated heterocycles. The average molecular weight is 361 g/mol. The van der Waals surface area contributed by atoms with Crippen LogP contribution in [0.25, 0.3) is 0 Å². The molecular weight excluding hydrogens is 344 g/mol. The van der Waals surface area contributed by atoms with Gasteiger partial charge in [-0.3, -0.25) is 4.79 Å². The quantitative estimate of drug-likeness (QED) is 0.861. The molecule has 1 aromatic rings. The van der Waals surface area contributed by atoms with Gasteiger partial charge >= 0.3 is 0 Å². The van der Waals surface area contributed by atoms with E-state index < -0.39 is 10.0 Å². The van der Waals surface area contributed by atoms with Crippen molar-refractivity contribution in [3.05, 3.63) is 28.2 Å². The molecule has 110 valence electrons. The van der Waals surface area contributed by atoms with Gasteiger partial charge in [-0.1, -0.05) is 22.9 Å². The molecule has 20 heavy (non-hydrogen) atoms. The highest BCUT2D eigenvalue weighted by Gasteiger charge is 2.36. The number of carbonyl (C=O) groups is 1. The third-order valence-electron chi connectivity index (χ3n) is 3.83. The summed E-state index contributed by atoms with van der Waals surface area (Å²) in [7, 11) is -3.83. The number of sulfonamides is 1. The molecule has 3 N–H and O–H groups in total. The molecule has 0 spiro atoms. The summed E-state index contributed by atoms with van der Waals surface area (Å²) < 4.78 is 23.3. The molecule has 1 aliphatic rings. The van der Waals surface area contributed by atoms with Crippen LogP contribution in [0.5, 0.6) is 0 Å². The van der Waals surface area contributed by atoms with Gasteiger partial charge in [0, 0.05) is 15.6 Å². The fourth-order valence-corrected chi connectivity index (χ4v) is 3.57. The van der Waals surface area contributed by atoms with Crippen molar-refractivity contribution in [1.29, 1.82) is 0 Å². The van der Waals surface area contributed by atoms with Crippen molar-refractivity contribution in [2.75, 3.05) is 0 Å². The number of halogens is 1. The van der Waals surface area contributed by atoms with Crippen molar-refractivity contribution >= 4 is 31.9 Å². The van der Waals surface area contributed by atoms with Crippen molar-refractivity contribution < 1.29 is 13.2 Å². The Bertz CT molecular complexity index is 634. The minimum atomic E-state index is -3.83. The molecule has 0 unspecified atom stereocenters. The second-order valence-electron chi connectivity index (χ2n) is 5.16. The maximum Gasteiger partial charge on any atom is 0.251 e. The van der Waals surface area contributed by atoms with Crippen LogP contribution in [0.4, 0.5) is 0 Å². The number of benzene rings is 1. The highest BCUT2D eigenvalue weighted by Crippen LogP contribution is 2.35. The summed E-state index contributed by atoms with van der Waals surface area (Å²) in [6.45, 7) is 2.04. The van der Waals surface area contributed by atoms with E-state index in [4.69, 9.17) is 5.14 Å². The monoisotopic (exact) mass is 360 g/mol. The molecule has 1 fully saturated rings. The Morgan fingerprint density at radius 3 is 2.50 bits per heavy atom. The lowest BCUT2D eigenvalue weighted by atomic mass is 9.74. The summed E-state index contributed by atoms with van der Waals surface area (Å²) in [6.07, 6.45) is 3.90. The van der Waals surface area contributed by atoms with E-state index in [9.17, 15) is 13.2 Å². The maximum atomic E-state index is 12.3.